The van der Waals surface area contributed by atoms with Crippen LogP contribution >= 0.6 is 0 Å². The van der Waals surface area contributed by atoms with Gasteiger partial charge in [0.15, 0.2) is 17.5 Å². The predicted molar refractivity (Wildman–Crippen MR) is 230 cm³/mol. The maximum atomic E-state index is 9.34. The van der Waals surface area contributed by atoms with E-state index in [2.05, 4.69) is 140 Å². The molecule has 10 aromatic rings. The van der Waals surface area contributed by atoms with E-state index in [0.29, 0.717) is 23.0 Å². The zero-order chi connectivity index (χ0) is 37.4. The molecule has 0 radical (unpaired) electrons. The van der Waals surface area contributed by atoms with E-state index >= 15 is 0 Å². The molecule has 0 amide bonds. The number of hydrogen-bond donors (Lipinski definition) is 0. The fraction of sp³-hybridized carbons (Fsp3) is 0. The summed E-state index contributed by atoms with van der Waals surface area (Å²) >= 11 is 0. The van der Waals surface area contributed by atoms with Gasteiger partial charge in [-0.3, -0.25) is 0 Å². The number of rotatable bonds is 6. The van der Waals surface area contributed by atoms with Gasteiger partial charge in [-0.2, -0.15) is 5.26 Å². The lowest BCUT2D eigenvalue weighted by Crippen LogP contribution is -2.01. The minimum absolute atomic E-state index is 0.583. The molecule has 0 unspecified atom stereocenters. The van der Waals surface area contributed by atoms with Gasteiger partial charge < -0.3 is 0 Å². The van der Waals surface area contributed by atoms with Gasteiger partial charge in [-0.05, 0) is 90.0 Å². The number of nitriles is 1. The summed E-state index contributed by atoms with van der Waals surface area (Å²) in [5.74, 6) is 1.78. The zero-order valence-corrected chi connectivity index (χ0v) is 30.3. The van der Waals surface area contributed by atoms with Crippen LogP contribution in [-0.2, 0) is 0 Å². The third-order valence-corrected chi connectivity index (χ3v) is 10.6. The number of fused-ring (bicyclic) bond motifs is 4. The standard InChI is InChI=1S/C52H32N4/c53-33-34-21-23-35(24-22-34)40-15-10-16-42(31-40)51-54-50(55-52(56-51)47-20-9-8-17-43(47)36-11-2-1-3-12-36)39-27-25-38(26-28-39)49-45-19-7-5-14-41(45)32-48-44-18-6-4-13-37(44)29-30-46(48)49/h1-32H. The fourth-order valence-electron chi connectivity index (χ4n) is 7.79. The largest absolute Gasteiger partial charge is 0.208 e. The van der Waals surface area contributed by atoms with Gasteiger partial charge in [0.2, 0.25) is 0 Å². The van der Waals surface area contributed by atoms with Gasteiger partial charge in [-0.25, -0.2) is 15.0 Å². The summed E-state index contributed by atoms with van der Waals surface area (Å²) in [4.78, 5) is 15.4. The molecule has 0 bridgehead atoms. The Morgan fingerprint density at radius 3 is 1.70 bits per heavy atom. The maximum absolute atomic E-state index is 9.34. The molecular formula is C52H32N4. The number of hydrogen-bond acceptors (Lipinski definition) is 4. The van der Waals surface area contributed by atoms with Crippen LogP contribution in [-0.4, -0.2) is 15.0 Å². The Balaban J connectivity index is 1.13. The second-order valence-electron chi connectivity index (χ2n) is 13.9. The normalized spacial score (nSPS) is 11.2. The number of benzene rings is 9. The molecule has 0 fully saturated rings. The predicted octanol–water partition coefficient (Wildman–Crippen LogP) is 13.2. The monoisotopic (exact) mass is 712 g/mol. The van der Waals surface area contributed by atoms with E-state index in [1.165, 1.54) is 37.9 Å². The average molecular weight is 713 g/mol. The van der Waals surface area contributed by atoms with Gasteiger partial charge in [0.25, 0.3) is 0 Å². The molecule has 4 nitrogen and oxygen atoms in total. The molecule has 0 aliphatic carbocycles. The Morgan fingerprint density at radius 2 is 0.911 bits per heavy atom. The smallest absolute Gasteiger partial charge is 0.164 e. The highest BCUT2D eigenvalue weighted by atomic mass is 15.0. The molecule has 0 atom stereocenters. The van der Waals surface area contributed by atoms with Crippen molar-refractivity contribution in [3.05, 3.63) is 200 Å². The molecule has 1 heterocycles. The summed E-state index contributed by atoms with van der Waals surface area (Å²) < 4.78 is 0. The zero-order valence-electron chi connectivity index (χ0n) is 30.3. The van der Waals surface area contributed by atoms with Gasteiger partial charge >= 0.3 is 0 Å². The van der Waals surface area contributed by atoms with Crippen molar-refractivity contribution >= 4 is 32.3 Å². The summed E-state index contributed by atoms with van der Waals surface area (Å²) in [6.07, 6.45) is 0. The highest BCUT2D eigenvalue weighted by Crippen LogP contribution is 2.40. The molecule has 10 rings (SSSR count). The van der Waals surface area contributed by atoms with Crippen molar-refractivity contribution in [2.24, 2.45) is 0 Å². The molecule has 0 N–H and O–H groups in total. The van der Waals surface area contributed by atoms with Crippen LogP contribution in [0.15, 0.2) is 194 Å². The summed E-state index contributed by atoms with van der Waals surface area (Å²) in [6, 6.07) is 69.4. The van der Waals surface area contributed by atoms with E-state index < -0.39 is 0 Å². The van der Waals surface area contributed by atoms with Crippen molar-refractivity contribution in [3.8, 4) is 73.6 Å². The van der Waals surface area contributed by atoms with Crippen LogP contribution in [0.5, 0.6) is 0 Å². The van der Waals surface area contributed by atoms with Crippen LogP contribution in [0.1, 0.15) is 5.56 Å². The van der Waals surface area contributed by atoms with E-state index in [-0.39, 0.29) is 0 Å². The van der Waals surface area contributed by atoms with Crippen LogP contribution in [0.25, 0.3) is 99.9 Å². The molecule has 0 saturated heterocycles. The van der Waals surface area contributed by atoms with Crippen molar-refractivity contribution in [1.82, 2.24) is 15.0 Å². The van der Waals surface area contributed by atoms with Gasteiger partial charge in [0, 0.05) is 16.7 Å². The molecule has 4 heteroatoms. The molecule has 0 spiro atoms. The first-order valence-electron chi connectivity index (χ1n) is 18.7. The van der Waals surface area contributed by atoms with Crippen molar-refractivity contribution < 1.29 is 0 Å². The maximum Gasteiger partial charge on any atom is 0.164 e. The molecule has 0 aliphatic heterocycles. The second kappa shape index (κ2) is 13.9. The van der Waals surface area contributed by atoms with Crippen LogP contribution < -0.4 is 0 Å². The summed E-state index contributed by atoms with van der Waals surface area (Å²) in [6.45, 7) is 0. The molecule has 9 aromatic carbocycles. The lowest BCUT2D eigenvalue weighted by molar-refractivity contribution is 1.07. The SMILES string of the molecule is N#Cc1ccc(-c2cccc(-c3nc(-c4ccc(-c5c6ccccc6cc6c5ccc5ccccc56)cc4)nc(-c4ccccc4-c4ccccc4)n3)c2)cc1. The lowest BCUT2D eigenvalue weighted by Gasteiger charge is -2.15. The van der Waals surface area contributed by atoms with E-state index in [0.717, 1.165) is 44.5 Å². The van der Waals surface area contributed by atoms with E-state index in [1.807, 2.05) is 60.7 Å². The molecule has 0 saturated carbocycles. The third-order valence-electron chi connectivity index (χ3n) is 10.6. The second-order valence-corrected chi connectivity index (χ2v) is 13.9. The van der Waals surface area contributed by atoms with E-state index in [9.17, 15) is 5.26 Å². The summed E-state index contributed by atoms with van der Waals surface area (Å²) in [7, 11) is 0. The van der Waals surface area contributed by atoms with Crippen molar-refractivity contribution in [1.29, 1.82) is 5.26 Å². The van der Waals surface area contributed by atoms with Gasteiger partial charge in [0.1, 0.15) is 0 Å². The number of nitrogens with zero attached hydrogens (tertiary/aromatic N) is 4. The van der Waals surface area contributed by atoms with Gasteiger partial charge in [0.05, 0.1) is 11.6 Å². The van der Waals surface area contributed by atoms with E-state index in [4.69, 9.17) is 15.0 Å². The molecule has 56 heavy (non-hydrogen) atoms. The Bertz CT molecular complexity index is 3130. The Labute approximate surface area is 324 Å². The Kier molecular flexibility index (Phi) is 8.17. The van der Waals surface area contributed by atoms with Crippen LogP contribution in [0.4, 0.5) is 0 Å². The van der Waals surface area contributed by atoms with Crippen LogP contribution in [0.2, 0.25) is 0 Å². The lowest BCUT2D eigenvalue weighted by atomic mass is 9.89. The minimum Gasteiger partial charge on any atom is -0.208 e. The average Bonchev–Trinajstić information content (AvgIpc) is 3.28. The molecular weight excluding hydrogens is 681 g/mol. The van der Waals surface area contributed by atoms with Crippen LogP contribution in [0.3, 0.4) is 0 Å². The highest BCUT2D eigenvalue weighted by molar-refractivity contribution is 6.20. The first-order chi connectivity index (χ1) is 27.7. The molecule has 260 valence electrons. The molecule has 1 aromatic heterocycles. The Hall–Kier alpha value is -7.74. The highest BCUT2D eigenvalue weighted by Gasteiger charge is 2.17. The first-order valence-corrected chi connectivity index (χ1v) is 18.7. The summed E-state index contributed by atoms with van der Waals surface area (Å²) in [5.41, 5.74) is 9.84. The van der Waals surface area contributed by atoms with Crippen molar-refractivity contribution in [3.63, 3.8) is 0 Å². The topological polar surface area (TPSA) is 62.5 Å². The van der Waals surface area contributed by atoms with E-state index in [1.54, 1.807) is 0 Å². The van der Waals surface area contributed by atoms with Gasteiger partial charge in [-0.15, -0.1) is 0 Å². The third kappa shape index (κ3) is 5.94. The van der Waals surface area contributed by atoms with Crippen molar-refractivity contribution in [2.45, 2.75) is 0 Å². The van der Waals surface area contributed by atoms with Crippen molar-refractivity contribution in [2.75, 3.05) is 0 Å². The quantitative estimate of drug-likeness (QED) is 0.127. The minimum atomic E-state index is 0.583. The number of aromatic nitrogens is 3. The molecule has 0 aliphatic rings. The fourth-order valence-corrected chi connectivity index (χ4v) is 7.79. The summed E-state index contributed by atoms with van der Waals surface area (Å²) in [5, 5.41) is 16.7. The Morgan fingerprint density at radius 1 is 0.321 bits per heavy atom. The van der Waals surface area contributed by atoms with Crippen LogP contribution in [0, 0.1) is 11.3 Å². The van der Waals surface area contributed by atoms with Gasteiger partial charge in [-0.1, -0.05) is 170 Å². The first kappa shape index (κ1) is 32.9.